The molecule has 0 spiro atoms. The summed E-state index contributed by atoms with van der Waals surface area (Å²) in [6.07, 6.45) is 3.60. The molecule has 0 aromatic carbocycles. The molecule has 1 amide bonds. The quantitative estimate of drug-likeness (QED) is 0.771. The number of aryl methyl sites for hydroxylation is 1. The number of halogens is 1. The summed E-state index contributed by atoms with van der Waals surface area (Å²) in [5.74, 6) is -0.123. The topological polar surface area (TPSA) is 76.8 Å². The monoisotopic (exact) mass is 436 g/mol. The van der Waals surface area contributed by atoms with Crippen LogP contribution >= 0.6 is 15.9 Å². The number of hydrogen-bond acceptors (Lipinski definition) is 4. The Morgan fingerprint density at radius 1 is 1.26 bits per heavy atom. The number of hydrogen-bond donors (Lipinski definition) is 2. The third kappa shape index (κ3) is 4.60. The highest BCUT2D eigenvalue weighted by molar-refractivity contribution is 9.10. The third-order valence-electron chi connectivity index (χ3n) is 4.97. The summed E-state index contributed by atoms with van der Waals surface area (Å²) in [6.45, 7) is 13.1. The van der Waals surface area contributed by atoms with Crippen LogP contribution in [0.2, 0.25) is 0 Å². The molecule has 0 unspecified atom stereocenters. The molecule has 3 rings (SSSR count). The van der Waals surface area contributed by atoms with Crippen LogP contribution in [0.5, 0.6) is 0 Å². The van der Waals surface area contributed by atoms with E-state index >= 15 is 0 Å². The molecule has 0 atom stereocenters. The summed E-state index contributed by atoms with van der Waals surface area (Å²) >= 11 is 3.53. The molecule has 1 saturated heterocycles. The summed E-state index contributed by atoms with van der Waals surface area (Å²) in [5.41, 5.74) is 2.38. The van der Waals surface area contributed by atoms with Crippen molar-refractivity contribution in [3.63, 3.8) is 0 Å². The smallest absolute Gasteiger partial charge is 0.271 e. The fourth-order valence-electron chi connectivity index (χ4n) is 4.20. The molecular formula is C19H29BrN6O. The van der Waals surface area contributed by atoms with E-state index in [2.05, 4.69) is 64.5 Å². The van der Waals surface area contributed by atoms with Crippen LogP contribution in [0.4, 0.5) is 0 Å². The Bertz CT molecular complexity index is 835. The fraction of sp³-hybridized carbons (Fsp3) is 0.632. The maximum atomic E-state index is 12.7. The lowest BCUT2D eigenvalue weighted by Gasteiger charge is -2.46. The average Bonchev–Trinajstić information content (AvgIpc) is 3.06. The van der Waals surface area contributed by atoms with Crippen LogP contribution in [0.1, 0.15) is 62.4 Å². The van der Waals surface area contributed by atoms with Crippen molar-refractivity contribution in [2.24, 2.45) is 0 Å². The van der Waals surface area contributed by atoms with Crippen LogP contribution in [0.3, 0.4) is 0 Å². The number of carbonyl (C=O) groups excluding carboxylic acids is 1. The summed E-state index contributed by atoms with van der Waals surface area (Å²) in [4.78, 5) is 12.7. The van der Waals surface area contributed by atoms with Gasteiger partial charge in [0.15, 0.2) is 0 Å². The minimum atomic E-state index is -0.123. The van der Waals surface area contributed by atoms with E-state index in [-0.39, 0.29) is 23.0 Å². The highest BCUT2D eigenvalue weighted by Crippen LogP contribution is 2.28. The first-order valence-electron chi connectivity index (χ1n) is 9.29. The van der Waals surface area contributed by atoms with Gasteiger partial charge in [-0.15, -0.1) is 0 Å². The SMILES string of the molecule is Cc1nn(Cn2ccc(C(=O)NC3CC(C)(C)NC(C)(C)C3)n2)c(C)c1Br. The molecule has 0 radical (unpaired) electrons. The normalized spacial score (nSPS) is 19.2. The van der Waals surface area contributed by atoms with Crippen molar-refractivity contribution in [2.75, 3.05) is 0 Å². The number of rotatable bonds is 4. The third-order valence-corrected chi connectivity index (χ3v) is 6.12. The summed E-state index contributed by atoms with van der Waals surface area (Å²) in [5, 5.41) is 15.7. The van der Waals surface area contributed by atoms with E-state index in [0.717, 1.165) is 28.7 Å². The first-order valence-corrected chi connectivity index (χ1v) is 10.1. The zero-order chi connectivity index (χ0) is 20.0. The molecule has 1 fully saturated rings. The summed E-state index contributed by atoms with van der Waals surface area (Å²) < 4.78 is 4.60. The van der Waals surface area contributed by atoms with Gasteiger partial charge in [-0.2, -0.15) is 10.2 Å². The molecule has 1 aliphatic rings. The van der Waals surface area contributed by atoms with E-state index in [4.69, 9.17) is 0 Å². The number of nitrogens with zero attached hydrogens (tertiary/aromatic N) is 4. The van der Waals surface area contributed by atoms with Gasteiger partial charge in [-0.05, 0) is 76.4 Å². The van der Waals surface area contributed by atoms with Crippen molar-refractivity contribution < 1.29 is 4.79 Å². The molecule has 8 heteroatoms. The van der Waals surface area contributed by atoms with Crippen molar-refractivity contribution in [1.29, 1.82) is 0 Å². The van der Waals surface area contributed by atoms with Crippen LogP contribution in [0, 0.1) is 13.8 Å². The Kier molecular flexibility index (Phi) is 5.24. The van der Waals surface area contributed by atoms with Gasteiger partial charge >= 0.3 is 0 Å². The molecule has 7 nitrogen and oxygen atoms in total. The highest BCUT2D eigenvalue weighted by atomic mass is 79.9. The van der Waals surface area contributed by atoms with Gasteiger partial charge in [0.05, 0.1) is 15.9 Å². The van der Waals surface area contributed by atoms with Gasteiger partial charge in [0.25, 0.3) is 5.91 Å². The van der Waals surface area contributed by atoms with Crippen LogP contribution in [-0.4, -0.2) is 42.6 Å². The van der Waals surface area contributed by atoms with Gasteiger partial charge in [0.1, 0.15) is 12.4 Å². The number of amides is 1. The zero-order valence-electron chi connectivity index (χ0n) is 16.9. The molecule has 2 aromatic rings. The lowest BCUT2D eigenvalue weighted by molar-refractivity contribution is 0.0867. The number of aromatic nitrogens is 4. The minimum Gasteiger partial charge on any atom is -0.348 e. The van der Waals surface area contributed by atoms with E-state index < -0.39 is 0 Å². The van der Waals surface area contributed by atoms with Crippen LogP contribution in [-0.2, 0) is 6.67 Å². The summed E-state index contributed by atoms with van der Waals surface area (Å²) in [7, 11) is 0. The molecule has 1 aliphatic heterocycles. The second-order valence-electron chi connectivity index (χ2n) is 8.84. The zero-order valence-corrected chi connectivity index (χ0v) is 18.5. The minimum absolute atomic E-state index is 0.0120. The first kappa shape index (κ1) is 20.1. The number of piperidine rings is 1. The van der Waals surface area contributed by atoms with Crippen molar-refractivity contribution in [2.45, 2.75) is 78.2 Å². The Labute approximate surface area is 169 Å². The highest BCUT2D eigenvalue weighted by Gasteiger charge is 2.38. The molecule has 2 N–H and O–H groups in total. The average molecular weight is 437 g/mol. The lowest BCUT2D eigenvalue weighted by atomic mass is 9.79. The Morgan fingerprint density at radius 3 is 2.44 bits per heavy atom. The van der Waals surface area contributed by atoms with Gasteiger partial charge in [-0.3, -0.25) is 9.48 Å². The Morgan fingerprint density at radius 2 is 1.89 bits per heavy atom. The van der Waals surface area contributed by atoms with Gasteiger partial charge in [0, 0.05) is 23.3 Å². The molecule has 27 heavy (non-hydrogen) atoms. The molecule has 3 heterocycles. The van der Waals surface area contributed by atoms with Gasteiger partial charge in [-0.1, -0.05) is 0 Å². The van der Waals surface area contributed by atoms with Crippen molar-refractivity contribution in [3.05, 3.63) is 33.8 Å². The fourth-order valence-corrected chi connectivity index (χ4v) is 4.48. The Hall–Kier alpha value is -1.67. The second-order valence-corrected chi connectivity index (χ2v) is 9.63. The first-order chi connectivity index (χ1) is 12.5. The van der Waals surface area contributed by atoms with Gasteiger partial charge < -0.3 is 10.6 Å². The van der Waals surface area contributed by atoms with Crippen LogP contribution < -0.4 is 10.6 Å². The summed E-state index contributed by atoms with van der Waals surface area (Å²) in [6, 6.07) is 1.88. The maximum absolute atomic E-state index is 12.7. The number of carbonyl (C=O) groups is 1. The largest absolute Gasteiger partial charge is 0.348 e. The van der Waals surface area contributed by atoms with E-state index in [1.165, 1.54) is 0 Å². The second kappa shape index (κ2) is 7.05. The molecule has 2 aromatic heterocycles. The van der Waals surface area contributed by atoms with Gasteiger partial charge in [0.2, 0.25) is 0 Å². The molecule has 0 aliphatic carbocycles. The number of nitrogens with one attached hydrogen (secondary N) is 2. The predicted octanol–water partition coefficient (Wildman–Crippen LogP) is 3.00. The Balaban J connectivity index is 1.67. The van der Waals surface area contributed by atoms with Crippen LogP contribution in [0.15, 0.2) is 16.7 Å². The van der Waals surface area contributed by atoms with E-state index in [1.54, 1.807) is 10.7 Å². The van der Waals surface area contributed by atoms with E-state index in [9.17, 15) is 4.79 Å². The van der Waals surface area contributed by atoms with Gasteiger partial charge in [-0.25, -0.2) is 4.68 Å². The molecular weight excluding hydrogens is 408 g/mol. The van der Waals surface area contributed by atoms with E-state index in [1.807, 2.05) is 24.7 Å². The van der Waals surface area contributed by atoms with Crippen molar-refractivity contribution >= 4 is 21.8 Å². The van der Waals surface area contributed by atoms with Crippen LogP contribution in [0.25, 0.3) is 0 Å². The molecule has 0 bridgehead atoms. The molecule has 0 saturated carbocycles. The lowest BCUT2D eigenvalue weighted by Crippen LogP contribution is -2.62. The van der Waals surface area contributed by atoms with Crippen molar-refractivity contribution in [1.82, 2.24) is 30.2 Å². The predicted molar refractivity (Wildman–Crippen MR) is 109 cm³/mol. The van der Waals surface area contributed by atoms with Crippen molar-refractivity contribution in [3.8, 4) is 0 Å². The standard InChI is InChI=1S/C19H29BrN6O/c1-12-16(20)13(2)26(22-12)11-25-8-7-15(23-25)17(27)21-14-9-18(3,4)24-19(5,6)10-14/h7-8,14,24H,9-11H2,1-6H3,(H,21,27). The molecule has 148 valence electrons. The van der Waals surface area contributed by atoms with E-state index in [0.29, 0.717) is 12.4 Å². The maximum Gasteiger partial charge on any atom is 0.271 e.